The lowest BCUT2D eigenvalue weighted by Gasteiger charge is -2.37. The number of hydrogen-bond acceptors (Lipinski definition) is 6. The van der Waals surface area contributed by atoms with E-state index in [9.17, 15) is 9.59 Å². The molecule has 2 heterocycles. The Hall–Kier alpha value is -2.52. The number of likely N-dealkylation sites (tertiary alicyclic amines) is 1. The predicted molar refractivity (Wildman–Crippen MR) is 117 cm³/mol. The van der Waals surface area contributed by atoms with Crippen LogP contribution >= 0.6 is 11.6 Å². The van der Waals surface area contributed by atoms with Crippen LogP contribution in [0.5, 0.6) is 0 Å². The van der Waals surface area contributed by atoms with Crippen molar-refractivity contribution in [2.45, 2.75) is 65.1 Å². The molecule has 0 unspecified atom stereocenters. The molecule has 10 heteroatoms. The summed E-state index contributed by atoms with van der Waals surface area (Å²) in [5.74, 6) is -0.356. The molecule has 3 N–H and O–H groups in total. The number of carbonyl (C=O) groups excluding carboxylic acids is 2. The maximum Gasteiger partial charge on any atom is 0.243 e. The molecule has 0 aliphatic carbocycles. The molecule has 0 spiro atoms. The predicted octanol–water partition coefficient (Wildman–Crippen LogP) is 2.08. The smallest absolute Gasteiger partial charge is 0.243 e. The van der Waals surface area contributed by atoms with E-state index in [2.05, 4.69) is 20.8 Å². The molecule has 1 aliphatic heterocycles. The molecule has 1 aromatic carbocycles. The second kappa shape index (κ2) is 9.74. The molecule has 2 atom stereocenters. The van der Waals surface area contributed by atoms with Crippen LogP contribution in [0.25, 0.3) is 5.69 Å². The number of benzene rings is 1. The number of rotatable bonds is 6. The zero-order valence-corrected chi connectivity index (χ0v) is 19.0. The Balaban J connectivity index is 1.71. The molecule has 2 amide bonds. The fourth-order valence-corrected chi connectivity index (χ4v) is 4.11. The van der Waals surface area contributed by atoms with Crippen LogP contribution in [-0.4, -0.2) is 55.5 Å². The number of carbonyl (C=O) groups is 2. The number of nitrogens with zero attached hydrogens (tertiary/aromatic N) is 5. The molecule has 168 valence electrons. The minimum absolute atomic E-state index is 0.0676. The van der Waals surface area contributed by atoms with Crippen LogP contribution in [0.3, 0.4) is 0 Å². The molecule has 1 saturated heterocycles. The maximum atomic E-state index is 13.1. The highest BCUT2D eigenvalue weighted by atomic mass is 35.5. The Kier molecular flexibility index (Phi) is 7.27. The first-order valence-electron chi connectivity index (χ1n) is 10.5. The summed E-state index contributed by atoms with van der Waals surface area (Å²) >= 11 is 6.15. The SMILES string of the molecule is CC(C)(C)C[C@@H](N)C(=O)N1CCCC[C@H]1C(=O)NCc1cc(Cl)ccc1-n1cnnn1. The Morgan fingerprint density at radius 1 is 1.32 bits per heavy atom. The van der Waals surface area contributed by atoms with Gasteiger partial charge in [0.2, 0.25) is 11.8 Å². The lowest BCUT2D eigenvalue weighted by Crippen LogP contribution is -2.56. The van der Waals surface area contributed by atoms with Gasteiger partial charge in [-0.3, -0.25) is 9.59 Å². The number of nitrogens with one attached hydrogen (secondary N) is 1. The third-order valence-electron chi connectivity index (χ3n) is 5.33. The van der Waals surface area contributed by atoms with Crippen molar-refractivity contribution in [2.24, 2.45) is 11.1 Å². The maximum absolute atomic E-state index is 13.1. The molecule has 0 radical (unpaired) electrons. The van der Waals surface area contributed by atoms with Crippen molar-refractivity contribution in [3.63, 3.8) is 0 Å². The Morgan fingerprint density at radius 2 is 2.10 bits per heavy atom. The van der Waals surface area contributed by atoms with E-state index in [0.29, 0.717) is 24.4 Å². The number of tetrazole rings is 1. The number of halogens is 1. The van der Waals surface area contributed by atoms with Gasteiger partial charge in [0.1, 0.15) is 12.4 Å². The molecular formula is C21H30ClN7O2. The van der Waals surface area contributed by atoms with E-state index in [4.69, 9.17) is 17.3 Å². The molecule has 2 aromatic rings. The first kappa shape index (κ1) is 23.1. The number of nitrogens with two attached hydrogens (primary N) is 1. The van der Waals surface area contributed by atoms with Gasteiger partial charge in [0, 0.05) is 18.1 Å². The van der Waals surface area contributed by atoms with E-state index < -0.39 is 12.1 Å². The minimum atomic E-state index is -0.618. The van der Waals surface area contributed by atoms with Gasteiger partial charge in [-0.15, -0.1) is 5.10 Å². The van der Waals surface area contributed by atoms with Crippen molar-refractivity contribution in [1.29, 1.82) is 0 Å². The lowest BCUT2D eigenvalue weighted by atomic mass is 9.87. The number of amides is 2. The third-order valence-corrected chi connectivity index (χ3v) is 5.56. The van der Waals surface area contributed by atoms with Gasteiger partial charge >= 0.3 is 0 Å². The summed E-state index contributed by atoms with van der Waals surface area (Å²) in [5, 5.41) is 14.7. The van der Waals surface area contributed by atoms with Gasteiger partial charge in [-0.05, 0) is 65.3 Å². The quantitative estimate of drug-likeness (QED) is 0.699. The first-order chi connectivity index (χ1) is 14.7. The Bertz CT molecular complexity index is 911. The van der Waals surface area contributed by atoms with Gasteiger partial charge in [0.25, 0.3) is 0 Å². The van der Waals surface area contributed by atoms with Gasteiger partial charge in [0.15, 0.2) is 0 Å². The van der Waals surface area contributed by atoms with E-state index in [0.717, 1.165) is 24.1 Å². The second-order valence-electron chi connectivity index (χ2n) is 9.16. The Morgan fingerprint density at radius 3 is 2.77 bits per heavy atom. The van der Waals surface area contributed by atoms with Gasteiger partial charge in [-0.1, -0.05) is 32.4 Å². The lowest BCUT2D eigenvalue weighted by molar-refractivity contribution is -0.143. The van der Waals surface area contributed by atoms with Gasteiger partial charge in [-0.25, -0.2) is 4.68 Å². The van der Waals surface area contributed by atoms with Gasteiger partial charge < -0.3 is 16.0 Å². The number of aromatic nitrogens is 4. The summed E-state index contributed by atoms with van der Waals surface area (Å²) < 4.78 is 1.51. The van der Waals surface area contributed by atoms with Crippen LogP contribution in [0.4, 0.5) is 0 Å². The monoisotopic (exact) mass is 447 g/mol. The molecular weight excluding hydrogens is 418 g/mol. The van der Waals surface area contributed by atoms with Crippen molar-refractivity contribution < 1.29 is 9.59 Å². The highest BCUT2D eigenvalue weighted by Crippen LogP contribution is 2.24. The van der Waals surface area contributed by atoms with E-state index in [1.165, 1.54) is 11.0 Å². The number of piperidine rings is 1. The Labute approximate surface area is 187 Å². The molecule has 1 aromatic heterocycles. The molecule has 31 heavy (non-hydrogen) atoms. The summed E-state index contributed by atoms with van der Waals surface area (Å²) in [6.07, 6.45) is 4.43. The van der Waals surface area contributed by atoms with E-state index in [-0.39, 0.29) is 23.8 Å². The summed E-state index contributed by atoms with van der Waals surface area (Å²) in [6, 6.07) is 4.15. The summed E-state index contributed by atoms with van der Waals surface area (Å²) in [6.45, 7) is 6.93. The molecule has 0 bridgehead atoms. The highest BCUT2D eigenvalue weighted by Gasteiger charge is 2.35. The summed E-state index contributed by atoms with van der Waals surface area (Å²) in [4.78, 5) is 27.7. The molecule has 1 aliphatic rings. The average molecular weight is 448 g/mol. The zero-order chi connectivity index (χ0) is 22.6. The van der Waals surface area contributed by atoms with Crippen molar-refractivity contribution in [1.82, 2.24) is 30.4 Å². The molecule has 1 fully saturated rings. The van der Waals surface area contributed by atoms with Crippen LogP contribution in [0.2, 0.25) is 5.02 Å². The third kappa shape index (κ3) is 6.01. The van der Waals surface area contributed by atoms with Crippen LogP contribution in [0, 0.1) is 5.41 Å². The second-order valence-corrected chi connectivity index (χ2v) is 9.60. The fourth-order valence-electron chi connectivity index (χ4n) is 3.92. The molecule has 3 rings (SSSR count). The van der Waals surface area contributed by atoms with Gasteiger partial charge in [-0.2, -0.15) is 0 Å². The van der Waals surface area contributed by atoms with Gasteiger partial charge in [0.05, 0.1) is 11.7 Å². The van der Waals surface area contributed by atoms with Crippen molar-refractivity contribution in [3.8, 4) is 5.69 Å². The van der Waals surface area contributed by atoms with Crippen LogP contribution in [0.15, 0.2) is 24.5 Å². The molecule has 0 saturated carbocycles. The summed E-state index contributed by atoms with van der Waals surface area (Å²) in [7, 11) is 0. The standard InChI is InChI=1S/C21H30ClN7O2/c1-21(2,3)11-16(23)20(31)28-9-5-4-6-18(28)19(30)24-12-14-10-15(22)7-8-17(14)29-13-25-26-27-29/h7-8,10,13,16,18H,4-6,9,11-12,23H2,1-3H3,(H,24,30)/t16-,18+/m1/s1. The van der Waals surface area contributed by atoms with Crippen molar-refractivity contribution in [2.75, 3.05) is 6.54 Å². The number of hydrogen-bond donors (Lipinski definition) is 2. The van der Waals surface area contributed by atoms with E-state index in [1.54, 1.807) is 23.1 Å². The topological polar surface area (TPSA) is 119 Å². The van der Waals surface area contributed by atoms with E-state index >= 15 is 0 Å². The zero-order valence-electron chi connectivity index (χ0n) is 18.2. The van der Waals surface area contributed by atoms with Crippen LogP contribution < -0.4 is 11.1 Å². The van der Waals surface area contributed by atoms with Crippen LogP contribution in [-0.2, 0) is 16.1 Å². The van der Waals surface area contributed by atoms with Crippen molar-refractivity contribution >= 4 is 23.4 Å². The molecule has 9 nitrogen and oxygen atoms in total. The van der Waals surface area contributed by atoms with Crippen molar-refractivity contribution in [3.05, 3.63) is 35.1 Å². The first-order valence-corrected chi connectivity index (χ1v) is 10.9. The minimum Gasteiger partial charge on any atom is -0.350 e. The normalized spacial score (nSPS) is 18.0. The fraction of sp³-hybridized carbons (Fsp3) is 0.571. The highest BCUT2D eigenvalue weighted by molar-refractivity contribution is 6.30. The van der Waals surface area contributed by atoms with Crippen LogP contribution in [0.1, 0.15) is 52.0 Å². The summed E-state index contributed by atoms with van der Waals surface area (Å²) in [5.41, 5.74) is 7.62. The average Bonchev–Trinajstić information content (AvgIpc) is 3.25. The largest absolute Gasteiger partial charge is 0.350 e. The van der Waals surface area contributed by atoms with E-state index in [1.807, 2.05) is 20.8 Å².